The van der Waals surface area contributed by atoms with Gasteiger partial charge in [-0.25, -0.2) is 9.64 Å². The lowest BCUT2D eigenvalue weighted by molar-refractivity contribution is 0.0762. The summed E-state index contributed by atoms with van der Waals surface area (Å²) in [5.41, 5.74) is 1.38. The number of β-amino-alcohol motifs (C(OH)–C–C–N with tert-alkyl or cyclic N) is 1. The fourth-order valence-electron chi connectivity index (χ4n) is 4.29. The molecule has 2 heterocycles. The molecule has 1 atom stereocenters. The van der Waals surface area contributed by atoms with Gasteiger partial charge in [0, 0.05) is 30.2 Å². The minimum Gasteiger partial charge on any atom is -0.502 e. The number of halogens is 1. The van der Waals surface area contributed by atoms with Crippen molar-refractivity contribution in [3.05, 3.63) is 59.0 Å². The topological polar surface area (TPSA) is 100 Å². The second-order valence-electron chi connectivity index (χ2n) is 9.35. The number of rotatable bonds is 9. The van der Waals surface area contributed by atoms with Crippen molar-refractivity contribution in [3.8, 4) is 17.2 Å². The smallest absolute Gasteiger partial charge is 0.319 e. The van der Waals surface area contributed by atoms with Gasteiger partial charge < -0.3 is 30.1 Å². The molecular weight excluding hydrogens is 494 g/mol. The molecule has 2 aromatic carbocycles. The van der Waals surface area contributed by atoms with E-state index in [1.807, 2.05) is 0 Å². The van der Waals surface area contributed by atoms with Crippen LogP contribution in [0, 0.1) is 6.57 Å². The van der Waals surface area contributed by atoms with E-state index in [-0.39, 0.29) is 18.7 Å². The van der Waals surface area contributed by atoms with E-state index in [1.165, 1.54) is 0 Å². The molecule has 1 aliphatic heterocycles. The van der Waals surface area contributed by atoms with Crippen LogP contribution in [0.4, 0.5) is 16.2 Å². The van der Waals surface area contributed by atoms with Gasteiger partial charge in [-0.2, -0.15) is 0 Å². The van der Waals surface area contributed by atoms with Crippen LogP contribution in [0.1, 0.15) is 25.7 Å². The fraction of sp³-hybridized carbons (Fsp3) is 0.370. The Morgan fingerprint density at radius 3 is 2.76 bits per heavy atom. The van der Waals surface area contributed by atoms with Gasteiger partial charge in [0.2, 0.25) is 5.69 Å². The standard InChI is InChI=1S/C27H28ClN5O4/c1-29-24-13-20-23(14-26(24)36-16-18(34)15-33-10-2-3-11-33)30-9-8-25(20)37-19-6-7-22(21(28)12-19)32-27(35)31-17-4-5-17/h6-9,12-14,17-18,34H,2-5,10-11,15-16H2,(H2,31,32,35)/t18-/m0/s1. The lowest BCUT2D eigenvalue weighted by Gasteiger charge is -2.20. The number of carbonyl (C=O) groups excluding carboxylic acids is 1. The summed E-state index contributed by atoms with van der Waals surface area (Å²) in [7, 11) is 0. The van der Waals surface area contributed by atoms with Crippen LogP contribution < -0.4 is 20.1 Å². The lowest BCUT2D eigenvalue weighted by atomic mass is 10.1. The zero-order valence-electron chi connectivity index (χ0n) is 20.2. The molecule has 9 nitrogen and oxygen atoms in total. The normalized spacial score (nSPS) is 16.2. The second kappa shape index (κ2) is 11.2. The molecular formula is C27H28ClN5O4. The molecule has 3 aromatic rings. The SMILES string of the molecule is [C-]#[N+]c1cc2c(Oc3ccc(NC(=O)NC4CC4)c(Cl)c3)ccnc2cc1OC[C@@H](O)CN1CCCC1. The third kappa shape index (κ3) is 6.41. The minimum absolute atomic E-state index is 0.0955. The van der Waals surface area contributed by atoms with Gasteiger partial charge >= 0.3 is 6.03 Å². The second-order valence-corrected chi connectivity index (χ2v) is 9.75. The third-order valence-corrected chi connectivity index (χ3v) is 6.64. The van der Waals surface area contributed by atoms with Gasteiger partial charge in [0.25, 0.3) is 0 Å². The molecule has 2 fully saturated rings. The number of aliphatic hydroxyl groups is 1. The number of likely N-dealkylation sites (tertiary alicyclic amines) is 1. The van der Waals surface area contributed by atoms with Crippen molar-refractivity contribution in [2.24, 2.45) is 0 Å². The average Bonchev–Trinajstić information content (AvgIpc) is 3.55. The first-order valence-electron chi connectivity index (χ1n) is 12.4. The van der Waals surface area contributed by atoms with Gasteiger partial charge in [0.15, 0.2) is 0 Å². The molecule has 5 rings (SSSR count). The number of anilines is 1. The molecule has 3 N–H and O–H groups in total. The Hall–Kier alpha value is -3.58. The van der Waals surface area contributed by atoms with Crippen LogP contribution >= 0.6 is 11.6 Å². The summed E-state index contributed by atoms with van der Waals surface area (Å²) in [6.07, 6.45) is 5.27. The molecule has 1 saturated heterocycles. The van der Waals surface area contributed by atoms with Crippen LogP contribution in [0.5, 0.6) is 17.2 Å². The summed E-state index contributed by atoms with van der Waals surface area (Å²) in [4.78, 5) is 22.3. The Kier molecular flexibility index (Phi) is 7.60. The van der Waals surface area contributed by atoms with Crippen molar-refractivity contribution in [3.63, 3.8) is 0 Å². The number of nitrogens with one attached hydrogen (secondary N) is 2. The maximum Gasteiger partial charge on any atom is 0.319 e. The minimum atomic E-state index is -0.642. The quantitative estimate of drug-likeness (QED) is 0.328. The predicted molar refractivity (Wildman–Crippen MR) is 142 cm³/mol. The highest BCUT2D eigenvalue weighted by Crippen LogP contribution is 2.38. The maximum atomic E-state index is 12.0. The number of hydrogen-bond donors (Lipinski definition) is 3. The van der Waals surface area contributed by atoms with Crippen LogP contribution in [0.2, 0.25) is 5.02 Å². The Bertz CT molecular complexity index is 1330. The van der Waals surface area contributed by atoms with E-state index in [4.69, 9.17) is 27.6 Å². The van der Waals surface area contributed by atoms with E-state index < -0.39 is 6.10 Å². The van der Waals surface area contributed by atoms with Gasteiger partial charge in [0.05, 0.1) is 22.8 Å². The van der Waals surface area contributed by atoms with E-state index >= 15 is 0 Å². The summed E-state index contributed by atoms with van der Waals surface area (Å²) in [6.45, 7) is 10.3. The molecule has 192 valence electrons. The number of hydrogen-bond acceptors (Lipinski definition) is 6. The molecule has 1 aromatic heterocycles. The van der Waals surface area contributed by atoms with E-state index in [1.54, 1.807) is 42.6 Å². The monoisotopic (exact) mass is 521 g/mol. The summed E-state index contributed by atoms with van der Waals surface area (Å²) >= 11 is 6.38. The maximum absolute atomic E-state index is 12.0. The Morgan fingerprint density at radius 2 is 2.03 bits per heavy atom. The zero-order chi connectivity index (χ0) is 25.8. The van der Waals surface area contributed by atoms with Crippen molar-refractivity contribution in [1.82, 2.24) is 15.2 Å². The van der Waals surface area contributed by atoms with Gasteiger partial charge in [-0.05, 0) is 69.1 Å². The fourth-order valence-corrected chi connectivity index (χ4v) is 4.51. The number of pyridine rings is 1. The van der Waals surface area contributed by atoms with Crippen LogP contribution in [0.15, 0.2) is 42.6 Å². The average molecular weight is 522 g/mol. The van der Waals surface area contributed by atoms with Crippen LogP contribution in [-0.2, 0) is 0 Å². The molecule has 37 heavy (non-hydrogen) atoms. The van der Waals surface area contributed by atoms with Crippen LogP contribution in [-0.4, -0.2) is 59.4 Å². The first kappa shape index (κ1) is 25.1. The lowest BCUT2D eigenvalue weighted by Crippen LogP contribution is -2.33. The number of aromatic nitrogens is 1. The summed E-state index contributed by atoms with van der Waals surface area (Å²) < 4.78 is 11.9. The number of amides is 2. The van der Waals surface area contributed by atoms with Gasteiger partial charge in [-0.1, -0.05) is 11.6 Å². The van der Waals surface area contributed by atoms with E-state index in [0.717, 1.165) is 38.8 Å². The Balaban J connectivity index is 1.29. The highest BCUT2D eigenvalue weighted by molar-refractivity contribution is 6.33. The summed E-state index contributed by atoms with van der Waals surface area (Å²) in [6, 6.07) is 10.0. The van der Waals surface area contributed by atoms with E-state index in [0.29, 0.717) is 51.1 Å². The van der Waals surface area contributed by atoms with Crippen LogP contribution in [0.25, 0.3) is 15.7 Å². The highest BCUT2D eigenvalue weighted by Gasteiger charge is 2.23. The molecule has 2 aliphatic rings. The largest absolute Gasteiger partial charge is 0.502 e. The van der Waals surface area contributed by atoms with Crippen molar-refractivity contribution >= 4 is 39.9 Å². The van der Waals surface area contributed by atoms with Crippen molar-refractivity contribution < 1.29 is 19.4 Å². The predicted octanol–water partition coefficient (Wildman–Crippen LogP) is 5.35. The molecule has 0 unspecified atom stereocenters. The Labute approximate surface area is 220 Å². The third-order valence-electron chi connectivity index (χ3n) is 6.33. The van der Waals surface area contributed by atoms with Crippen molar-refractivity contribution in [2.45, 2.75) is 37.8 Å². The molecule has 0 bridgehead atoms. The van der Waals surface area contributed by atoms with Crippen molar-refractivity contribution in [1.29, 1.82) is 0 Å². The van der Waals surface area contributed by atoms with Crippen LogP contribution in [0.3, 0.4) is 0 Å². The van der Waals surface area contributed by atoms with Gasteiger partial charge in [-0.15, -0.1) is 0 Å². The first-order valence-corrected chi connectivity index (χ1v) is 12.7. The number of ether oxygens (including phenoxy) is 2. The number of carbonyl (C=O) groups is 1. The number of nitrogens with zero attached hydrogens (tertiary/aromatic N) is 3. The van der Waals surface area contributed by atoms with E-state index in [2.05, 4.69) is 25.4 Å². The number of urea groups is 1. The highest BCUT2D eigenvalue weighted by atomic mass is 35.5. The summed E-state index contributed by atoms with van der Waals surface area (Å²) in [5.74, 6) is 1.34. The summed E-state index contributed by atoms with van der Waals surface area (Å²) in [5, 5.41) is 17.0. The van der Waals surface area contributed by atoms with E-state index in [9.17, 15) is 9.90 Å². The van der Waals surface area contributed by atoms with Crippen molar-refractivity contribution in [2.75, 3.05) is 31.6 Å². The molecule has 0 spiro atoms. The van der Waals surface area contributed by atoms with Gasteiger partial charge in [0.1, 0.15) is 30.0 Å². The molecule has 2 amide bonds. The molecule has 1 saturated carbocycles. The molecule has 0 radical (unpaired) electrons. The van der Waals surface area contributed by atoms with Gasteiger partial charge in [-0.3, -0.25) is 4.98 Å². The zero-order valence-corrected chi connectivity index (χ0v) is 21.0. The number of fused-ring (bicyclic) bond motifs is 1. The number of aliphatic hydroxyl groups excluding tert-OH is 1. The molecule has 10 heteroatoms. The Morgan fingerprint density at radius 1 is 1.22 bits per heavy atom. The number of benzene rings is 2. The first-order chi connectivity index (χ1) is 18.0. The molecule has 1 aliphatic carbocycles.